The molecule has 36 heavy (non-hydrogen) atoms. The van der Waals surface area contributed by atoms with E-state index in [0.717, 1.165) is 0 Å². The predicted octanol–water partition coefficient (Wildman–Crippen LogP) is -2.26. The van der Waals surface area contributed by atoms with Crippen LogP contribution in [0.1, 0.15) is 31.2 Å². The van der Waals surface area contributed by atoms with E-state index >= 15 is 0 Å². The van der Waals surface area contributed by atoms with E-state index in [1.807, 2.05) is 0 Å². The molecule has 0 saturated heterocycles. The van der Waals surface area contributed by atoms with Crippen molar-refractivity contribution < 1.29 is 34.2 Å². The molecule has 0 aliphatic carbocycles. The van der Waals surface area contributed by atoms with Crippen molar-refractivity contribution in [3.63, 3.8) is 0 Å². The molecule has 13 nitrogen and oxygen atoms in total. The molecule has 0 aliphatic heterocycles. The fourth-order valence-electron chi connectivity index (χ4n) is 3.16. The molecular formula is C22H34N6O7S. The molecule has 1 aromatic carbocycles. The van der Waals surface area contributed by atoms with Gasteiger partial charge in [-0.25, -0.2) is 4.79 Å². The van der Waals surface area contributed by atoms with Crippen molar-refractivity contribution >= 4 is 42.2 Å². The van der Waals surface area contributed by atoms with Crippen molar-refractivity contribution in [2.24, 2.45) is 17.2 Å². The zero-order chi connectivity index (χ0) is 27.3. The zero-order valence-corrected chi connectivity index (χ0v) is 20.6. The van der Waals surface area contributed by atoms with Crippen LogP contribution in [0.15, 0.2) is 24.3 Å². The number of unbranched alkanes of at least 4 members (excludes halogenated alkanes) is 1. The molecule has 4 unspecified atom stereocenters. The lowest BCUT2D eigenvalue weighted by atomic mass is 10.0. The zero-order valence-electron chi connectivity index (χ0n) is 19.7. The van der Waals surface area contributed by atoms with Gasteiger partial charge in [0.2, 0.25) is 23.6 Å². The monoisotopic (exact) mass is 526 g/mol. The minimum Gasteiger partial charge on any atom is -0.508 e. The Hall–Kier alpha value is -3.36. The summed E-state index contributed by atoms with van der Waals surface area (Å²) in [6, 6.07) is 0.976. The van der Waals surface area contributed by atoms with E-state index in [2.05, 4.69) is 28.6 Å². The smallest absolute Gasteiger partial charge is 0.326 e. The van der Waals surface area contributed by atoms with Crippen LogP contribution in [-0.2, 0) is 30.4 Å². The second-order valence-corrected chi connectivity index (χ2v) is 8.50. The van der Waals surface area contributed by atoms with Gasteiger partial charge >= 0.3 is 5.97 Å². The van der Waals surface area contributed by atoms with E-state index in [4.69, 9.17) is 17.2 Å². The molecule has 1 aromatic rings. The number of phenolic OH excluding ortho intramolecular Hbond substituents is 1. The summed E-state index contributed by atoms with van der Waals surface area (Å²) in [4.78, 5) is 60.6. The lowest BCUT2D eigenvalue weighted by Crippen LogP contribution is -2.58. The molecule has 0 aliphatic rings. The average Bonchev–Trinajstić information content (AvgIpc) is 2.81. The van der Waals surface area contributed by atoms with Crippen LogP contribution in [0.3, 0.4) is 0 Å². The Balaban J connectivity index is 2.92. The second-order valence-electron chi connectivity index (χ2n) is 8.14. The number of hydrogen-bond donors (Lipinski definition) is 9. The molecule has 200 valence electrons. The number of benzene rings is 1. The standard InChI is InChI=1S/C22H34N6O7S/c23-8-2-1-3-15(26-21(33)17(11-36)28-19(31)14(24)10-18(25)30)20(32)27-16(22(34)35)9-12-4-6-13(29)7-5-12/h4-7,14-17,29,36H,1-3,8-11,23-24H2,(H2,25,30)(H,26,33)(H,27,32)(H,28,31)(H,34,35). The van der Waals surface area contributed by atoms with Crippen LogP contribution in [-0.4, -0.2) is 76.3 Å². The number of nitrogens with two attached hydrogens (primary N) is 3. The molecule has 4 amide bonds. The van der Waals surface area contributed by atoms with Crippen molar-refractivity contribution in [2.75, 3.05) is 12.3 Å². The highest BCUT2D eigenvalue weighted by Gasteiger charge is 2.30. The summed E-state index contributed by atoms with van der Waals surface area (Å²) < 4.78 is 0. The molecular weight excluding hydrogens is 492 g/mol. The number of phenols is 1. The number of rotatable bonds is 16. The van der Waals surface area contributed by atoms with Crippen LogP contribution in [0.25, 0.3) is 0 Å². The van der Waals surface area contributed by atoms with Crippen molar-refractivity contribution in [1.82, 2.24) is 16.0 Å². The van der Waals surface area contributed by atoms with Gasteiger partial charge in [0.1, 0.15) is 23.9 Å². The Bertz CT molecular complexity index is 915. The van der Waals surface area contributed by atoms with Crippen LogP contribution in [0, 0.1) is 0 Å². The third-order valence-corrected chi connectivity index (χ3v) is 5.51. The summed E-state index contributed by atoms with van der Waals surface area (Å²) in [5.41, 5.74) is 16.7. The van der Waals surface area contributed by atoms with Gasteiger partial charge in [0.15, 0.2) is 0 Å². The van der Waals surface area contributed by atoms with Gasteiger partial charge in [-0.2, -0.15) is 12.6 Å². The maximum atomic E-state index is 13.0. The summed E-state index contributed by atoms with van der Waals surface area (Å²) in [5.74, 6) is -4.49. The molecule has 0 spiro atoms. The Morgan fingerprint density at radius 2 is 1.44 bits per heavy atom. The normalized spacial score (nSPS) is 14.1. The number of amides is 4. The molecule has 0 saturated carbocycles. The van der Waals surface area contributed by atoms with Crippen molar-refractivity contribution in [3.8, 4) is 5.75 Å². The molecule has 0 heterocycles. The number of hydrogen-bond acceptors (Lipinski definition) is 9. The highest BCUT2D eigenvalue weighted by Crippen LogP contribution is 2.12. The molecule has 11 N–H and O–H groups in total. The molecule has 0 bridgehead atoms. The number of aliphatic carboxylic acids is 1. The highest BCUT2D eigenvalue weighted by atomic mass is 32.1. The van der Waals surface area contributed by atoms with Gasteiger partial charge in [-0.05, 0) is 43.5 Å². The number of primary amides is 1. The Morgan fingerprint density at radius 1 is 0.889 bits per heavy atom. The molecule has 1 rings (SSSR count). The second kappa shape index (κ2) is 15.6. The Labute approximate surface area is 213 Å². The Morgan fingerprint density at radius 3 is 1.97 bits per heavy atom. The van der Waals surface area contributed by atoms with E-state index in [-0.39, 0.29) is 24.3 Å². The highest BCUT2D eigenvalue weighted by molar-refractivity contribution is 7.80. The Kier molecular flexibility index (Phi) is 13.3. The first-order valence-corrected chi connectivity index (χ1v) is 11.9. The van der Waals surface area contributed by atoms with Crippen LogP contribution in [0.2, 0.25) is 0 Å². The molecule has 0 aromatic heterocycles. The van der Waals surface area contributed by atoms with Crippen molar-refractivity contribution in [3.05, 3.63) is 29.8 Å². The third kappa shape index (κ3) is 10.9. The van der Waals surface area contributed by atoms with Gasteiger partial charge in [0.05, 0.1) is 12.5 Å². The van der Waals surface area contributed by atoms with E-state index < -0.39 is 60.2 Å². The number of nitrogens with one attached hydrogen (secondary N) is 3. The van der Waals surface area contributed by atoms with Crippen molar-refractivity contribution in [1.29, 1.82) is 0 Å². The van der Waals surface area contributed by atoms with Crippen LogP contribution in [0.5, 0.6) is 5.75 Å². The topological polar surface area (TPSA) is 240 Å². The van der Waals surface area contributed by atoms with Gasteiger partial charge in [-0.15, -0.1) is 0 Å². The number of carboxylic acids is 1. The number of carbonyl (C=O) groups is 5. The van der Waals surface area contributed by atoms with Gasteiger partial charge in [0, 0.05) is 12.2 Å². The predicted molar refractivity (Wildman–Crippen MR) is 134 cm³/mol. The summed E-state index contributed by atoms with van der Waals surface area (Å²) >= 11 is 4.05. The quantitative estimate of drug-likeness (QED) is 0.0832. The summed E-state index contributed by atoms with van der Waals surface area (Å²) in [6.45, 7) is 0.355. The fraction of sp³-hybridized carbons (Fsp3) is 0.500. The molecule has 4 atom stereocenters. The largest absolute Gasteiger partial charge is 0.508 e. The minimum absolute atomic E-state index is 0.0127. The van der Waals surface area contributed by atoms with E-state index in [9.17, 15) is 34.2 Å². The first-order chi connectivity index (χ1) is 17.0. The lowest BCUT2D eigenvalue weighted by molar-refractivity contribution is -0.142. The summed E-state index contributed by atoms with van der Waals surface area (Å²) in [5, 5.41) is 26.3. The SMILES string of the molecule is NCCCCC(NC(=O)C(CS)NC(=O)C(N)CC(N)=O)C(=O)NC(Cc1ccc(O)cc1)C(=O)O. The lowest BCUT2D eigenvalue weighted by Gasteiger charge is -2.24. The van der Waals surface area contributed by atoms with Gasteiger partial charge in [0.25, 0.3) is 0 Å². The van der Waals surface area contributed by atoms with Gasteiger partial charge < -0.3 is 43.4 Å². The van der Waals surface area contributed by atoms with Crippen molar-refractivity contribution in [2.45, 2.75) is 56.3 Å². The van der Waals surface area contributed by atoms with Gasteiger partial charge in [-0.1, -0.05) is 12.1 Å². The van der Waals surface area contributed by atoms with E-state index in [1.165, 1.54) is 24.3 Å². The maximum absolute atomic E-state index is 13.0. The third-order valence-electron chi connectivity index (χ3n) is 5.14. The number of aromatic hydroxyl groups is 1. The summed E-state index contributed by atoms with van der Waals surface area (Å²) in [7, 11) is 0. The van der Waals surface area contributed by atoms with E-state index in [1.54, 1.807) is 0 Å². The number of carboxylic acid groups (broad SMARTS) is 1. The van der Waals surface area contributed by atoms with Crippen LogP contribution >= 0.6 is 12.6 Å². The van der Waals surface area contributed by atoms with Gasteiger partial charge in [-0.3, -0.25) is 19.2 Å². The van der Waals surface area contributed by atoms with Crippen LogP contribution in [0.4, 0.5) is 0 Å². The summed E-state index contributed by atoms with van der Waals surface area (Å²) in [6.07, 6.45) is 0.706. The van der Waals surface area contributed by atoms with Crippen LogP contribution < -0.4 is 33.2 Å². The van der Waals surface area contributed by atoms with E-state index in [0.29, 0.717) is 24.9 Å². The fourth-order valence-corrected chi connectivity index (χ4v) is 3.41. The molecule has 0 fully saturated rings. The average molecular weight is 527 g/mol. The molecule has 0 radical (unpaired) electrons. The number of carbonyl (C=O) groups excluding carboxylic acids is 4. The minimum atomic E-state index is -1.30. The molecule has 14 heteroatoms. The first-order valence-electron chi connectivity index (χ1n) is 11.2. The number of thiol groups is 1. The first kappa shape index (κ1) is 30.7. The maximum Gasteiger partial charge on any atom is 0.326 e.